The van der Waals surface area contributed by atoms with E-state index in [1.54, 1.807) is 0 Å². The van der Waals surface area contributed by atoms with Crippen LogP contribution in [0.2, 0.25) is 0 Å². The molecule has 2 unspecified atom stereocenters. The molecule has 2 rings (SSSR count). The number of rotatable bonds is 3. The highest BCUT2D eigenvalue weighted by molar-refractivity contribution is 5.79. The highest BCUT2D eigenvalue weighted by Gasteiger charge is 2.34. The molecule has 1 amide bonds. The number of piperidine rings is 1. The zero-order valence-corrected chi connectivity index (χ0v) is 11.0. The first-order valence-electron chi connectivity index (χ1n) is 6.54. The average Bonchev–Trinajstić information content (AvgIpc) is 2.48. The van der Waals surface area contributed by atoms with Crippen LogP contribution in [0.1, 0.15) is 24.3 Å². The third-order valence-corrected chi connectivity index (χ3v) is 3.65. The fraction of sp³-hybridized carbons (Fsp3) is 0.400. The maximum absolute atomic E-state index is 11.9. The number of nitrogens with zero attached hydrogens (tertiary/aromatic N) is 2. The minimum Gasteiger partial charge on any atom is -0.481 e. The van der Waals surface area contributed by atoms with E-state index in [9.17, 15) is 14.7 Å². The molecule has 0 spiro atoms. The summed E-state index contributed by atoms with van der Waals surface area (Å²) >= 11 is 0. The van der Waals surface area contributed by atoms with E-state index in [4.69, 9.17) is 5.26 Å². The summed E-state index contributed by atoms with van der Waals surface area (Å²) in [5, 5.41) is 17.8. The van der Waals surface area contributed by atoms with E-state index < -0.39 is 11.9 Å². The summed E-state index contributed by atoms with van der Waals surface area (Å²) in [6.45, 7) is 0.674. The van der Waals surface area contributed by atoms with Gasteiger partial charge in [-0.05, 0) is 12.0 Å². The Morgan fingerprint density at radius 2 is 2.00 bits per heavy atom. The number of carbonyl (C=O) groups excluding carboxylic acids is 1. The molecule has 1 fully saturated rings. The van der Waals surface area contributed by atoms with Gasteiger partial charge in [0.1, 0.15) is 6.42 Å². The van der Waals surface area contributed by atoms with E-state index in [2.05, 4.69) is 0 Å². The number of aliphatic carboxylic acids is 1. The molecular weight excluding hydrogens is 256 g/mol. The lowest BCUT2D eigenvalue weighted by Crippen LogP contribution is -2.45. The van der Waals surface area contributed by atoms with E-state index in [-0.39, 0.29) is 24.8 Å². The van der Waals surface area contributed by atoms with Gasteiger partial charge in [-0.25, -0.2) is 0 Å². The predicted molar refractivity (Wildman–Crippen MR) is 71.7 cm³/mol. The molecule has 5 nitrogen and oxygen atoms in total. The largest absolute Gasteiger partial charge is 0.481 e. The van der Waals surface area contributed by atoms with Crippen molar-refractivity contribution in [1.82, 2.24) is 4.90 Å². The van der Waals surface area contributed by atoms with Gasteiger partial charge in [-0.1, -0.05) is 30.3 Å². The van der Waals surface area contributed by atoms with Crippen molar-refractivity contribution in [2.24, 2.45) is 5.92 Å². The highest BCUT2D eigenvalue weighted by atomic mass is 16.4. The quantitative estimate of drug-likeness (QED) is 0.906. The van der Waals surface area contributed by atoms with Crippen molar-refractivity contribution in [2.45, 2.75) is 18.8 Å². The third kappa shape index (κ3) is 3.15. The first-order chi connectivity index (χ1) is 9.61. The molecule has 1 N–H and O–H groups in total. The molecule has 1 aromatic rings. The summed E-state index contributed by atoms with van der Waals surface area (Å²) in [4.78, 5) is 24.6. The van der Waals surface area contributed by atoms with Crippen LogP contribution in [-0.4, -0.2) is 35.0 Å². The topological polar surface area (TPSA) is 81.4 Å². The molecular formula is C15H16N2O3. The lowest BCUT2D eigenvalue weighted by Gasteiger charge is -2.36. The number of hydrogen-bond donors (Lipinski definition) is 1. The lowest BCUT2D eigenvalue weighted by atomic mass is 9.84. The summed E-state index contributed by atoms with van der Waals surface area (Å²) in [7, 11) is 0. The molecule has 5 heteroatoms. The number of carbonyl (C=O) groups is 2. The molecule has 0 bridgehead atoms. The van der Waals surface area contributed by atoms with Crippen molar-refractivity contribution in [3.8, 4) is 6.07 Å². The SMILES string of the molecule is N#CCC(=O)N1CC(C(=O)O)CC(c2ccccc2)C1. The molecule has 0 aliphatic carbocycles. The second-order valence-corrected chi connectivity index (χ2v) is 5.01. The summed E-state index contributed by atoms with van der Waals surface area (Å²) in [5.74, 6) is -1.75. The van der Waals surface area contributed by atoms with Gasteiger partial charge in [0.15, 0.2) is 0 Å². The lowest BCUT2D eigenvalue weighted by molar-refractivity contribution is -0.146. The monoisotopic (exact) mass is 272 g/mol. The van der Waals surface area contributed by atoms with E-state index >= 15 is 0 Å². The second kappa shape index (κ2) is 6.20. The number of hydrogen-bond acceptors (Lipinski definition) is 3. The molecule has 1 saturated heterocycles. The van der Waals surface area contributed by atoms with Crippen LogP contribution in [-0.2, 0) is 9.59 Å². The minimum absolute atomic E-state index is 0.00805. The molecule has 1 aromatic carbocycles. The van der Waals surface area contributed by atoms with Crippen molar-refractivity contribution in [2.75, 3.05) is 13.1 Å². The Morgan fingerprint density at radius 1 is 1.30 bits per heavy atom. The van der Waals surface area contributed by atoms with Gasteiger partial charge in [-0.15, -0.1) is 0 Å². The molecule has 0 radical (unpaired) electrons. The van der Waals surface area contributed by atoms with Gasteiger partial charge in [-0.2, -0.15) is 5.26 Å². The molecule has 20 heavy (non-hydrogen) atoms. The van der Waals surface area contributed by atoms with Crippen LogP contribution in [0.5, 0.6) is 0 Å². The summed E-state index contributed by atoms with van der Waals surface area (Å²) in [6, 6.07) is 11.4. The van der Waals surface area contributed by atoms with E-state index in [1.165, 1.54) is 4.90 Å². The summed E-state index contributed by atoms with van der Waals surface area (Å²) in [5.41, 5.74) is 1.04. The van der Waals surface area contributed by atoms with Crippen LogP contribution < -0.4 is 0 Å². The van der Waals surface area contributed by atoms with Gasteiger partial charge in [-0.3, -0.25) is 9.59 Å². The molecule has 104 valence electrons. The van der Waals surface area contributed by atoms with Crippen LogP contribution in [0.25, 0.3) is 0 Å². The maximum Gasteiger partial charge on any atom is 0.308 e. The Labute approximate surface area is 117 Å². The first kappa shape index (κ1) is 14.1. The zero-order chi connectivity index (χ0) is 14.5. The number of carboxylic acids is 1. The number of carboxylic acid groups (broad SMARTS) is 1. The van der Waals surface area contributed by atoms with Gasteiger partial charge in [0.05, 0.1) is 12.0 Å². The van der Waals surface area contributed by atoms with Crippen molar-refractivity contribution < 1.29 is 14.7 Å². The fourth-order valence-corrected chi connectivity index (χ4v) is 2.63. The number of benzene rings is 1. The van der Waals surface area contributed by atoms with Crippen molar-refractivity contribution in [3.05, 3.63) is 35.9 Å². The van der Waals surface area contributed by atoms with Crippen molar-refractivity contribution >= 4 is 11.9 Å². The number of nitriles is 1. The van der Waals surface area contributed by atoms with Crippen LogP contribution in [0.15, 0.2) is 30.3 Å². The van der Waals surface area contributed by atoms with Crippen molar-refractivity contribution in [1.29, 1.82) is 5.26 Å². The van der Waals surface area contributed by atoms with Crippen LogP contribution >= 0.6 is 0 Å². The maximum atomic E-state index is 11.9. The van der Waals surface area contributed by atoms with Gasteiger partial charge < -0.3 is 10.0 Å². The Bertz CT molecular complexity index is 536. The van der Waals surface area contributed by atoms with Gasteiger partial charge in [0.2, 0.25) is 5.91 Å². The number of likely N-dealkylation sites (tertiary alicyclic amines) is 1. The Morgan fingerprint density at radius 3 is 2.60 bits per heavy atom. The molecule has 0 aromatic heterocycles. The Hall–Kier alpha value is -2.35. The van der Waals surface area contributed by atoms with Gasteiger partial charge >= 0.3 is 5.97 Å². The normalized spacial score (nSPS) is 22.1. The van der Waals surface area contributed by atoms with Crippen LogP contribution in [0.4, 0.5) is 0 Å². The van der Waals surface area contributed by atoms with Gasteiger partial charge in [0.25, 0.3) is 0 Å². The number of amides is 1. The molecule has 0 saturated carbocycles. The Balaban J connectivity index is 2.19. The summed E-state index contributed by atoms with van der Waals surface area (Å²) in [6.07, 6.45) is 0.323. The fourth-order valence-electron chi connectivity index (χ4n) is 2.63. The zero-order valence-electron chi connectivity index (χ0n) is 11.0. The average molecular weight is 272 g/mol. The Kier molecular flexibility index (Phi) is 4.36. The highest BCUT2D eigenvalue weighted by Crippen LogP contribution is 2.30. The molecule has 1 heterocycles. The molecule has 2 atom stereocenters. The van der Waals surface area contributed by atoms with Crippen molar-refractivity contribution in [3.63, 3.8) is 0 Å². The molecule has 1 aliphatic heterocycles. The van der Waals surface area contributed by atoms with Crippen LogP contribution in [0, 0.1) is 17.2 Å². The van der Waals surface area contributed by atoms with E-state index in [0.29, 0.717) is 13.0 Å². The minimum atomic E-state index is -0.889. The predicted octanol–water partition coefficient (Wildman–Crippen LogP) is 1.62. The van der Waals surface area contributed by atoms with E-state index in [0.717, 1.165) is 5.56 Å². The molecule has 1 aliphatic rings. The van der Waals surface area contributed by atoms with Gasteiger partial charge in [0, 0.05) is 19.0 Å². The third-order valence-electron chi connectivity index (χ3n) is 3.65. The summed E-state index contributed by atoms with van der Waals surface area (Å²) < 4.78 is 0. The smallest absolute Gasteiger partial charge is 0.308 e. The first-order valence-corrected chi connectivity index (χ1v) is 6.54. The standard InChI is InChI=1S/C15H16N2O3/c16-7-6-14(18)17-9-12(8-13(10-17)15(19)20)11-4-2-1-3-5-11/h1-5,12-13H,6,8-10H2,(H,19,20). The van der Waals surface area contributed by atoms with Crippen LogP contribution in [0.3, 0.4) is 0 Å². The second-order valence-electron chi connectivity index (χ2n) is 5.01. The van der Waals surface area contributed by atoms with E-state index in [1.807, 2.05) is 36.4 Å².